The first-order valence-electron chi connectivity index (χ1n) is 7.78. The third-order valence-electron chi connectivity index (χ3n) is 4.60. The molecule has 1 aliphatic heterocycles. The Bertz CT molecular complexity index is 491. The van der Waals surface area contributed by atoms with Crippen LogP contribution in [0.5, 0.6) is 0 Å². The minimum Gasteiger partial charge on any atom is -0.481 e. The highest BCUT2D eigenvalue weighted by Crippen LogP contribution is 2.30. The molecule has 1 heterocycles. The van der Waals surface area contributed by atoms with Crippen LogP contribution in [0.3, 0.4) is 0 Å². The maximum Gasteiger partial charge on any atom is 0.306 e. The van der Waals surface area contributed by atoms with Gasteiger partial charge in [0.05, 0.1) is 25.2 Å². The minimum atomic E-state index is -0.669. The number of hydrogen-bond donors (Lipinski definition) is 1. The van der Waals surface area contributed by atoms with Crippen LogP contribution in [0, 0.1) is 5.92 Å². The Morgan fingerprint density at radius 1 is 1.24 bits per heavy atom. The quantitative estimate of drug-likeness (QED) is 0.926. The first-order valence-corrected chi connectivity index (χ1v) is 7.78. The van der Waals surface area contributed by atoms with Gasteiger partial charge in [0.15, 0.2) is 0 Å². The summed E-state index contributed by atoms with van der Waals surface area (Å²) in [4.78, 5) is 10.9. The zero-order valence-corrected chi connectivity index (χ0v) is 12.2. The minimum absolute atomic E-state index is 0.0205. The van der Waals surface area contributed by atoms with Crippen molar-refractivity contribution in [3.63, 3.8) is 0 Å². The van der Waals surface area contributed by atoms with Crippen molar-refractivity contribution in [3.05, 3.63) is 35.4 Å². The smallest absolute Gasteiger partial charge is 0.306 e. The molecular weight excluding hydrogens is 268 g/mol. The summed E-state index contributed by atoms with van der Waals surface area (Å²) in [5, 5.41) is 9.01. The van der Waals surface area contributed by atoms with E-state index in [1.807, 2.05) is 6.07 Å². The van der Waals surface area contributed by atoms with Gasteiger partial charge in [0.1, 0.15) is 6.10 Å². The fourth-order valence-corrected chi connectivity index (χ4v) is 3.31. The van der Waals surface area contributed by atoms with E-state index >= 15 is 0 Å². The second-order valence-corrected chi connectivity index (χ2v) is 5.95. The molecule has 1 fully saturated rings. The molecule has 0 saturated heterocycles. The molecule has 0 aromatic heterocycles. The van der Waals surface area contributed by atoms with Gasteiger partial charge in [-0.3, -0.25) is 4.79 Å². The summed E-state index contributed by atoms with van der Waals surface area (Å²) in [6, 6.07) is 8.38. The molecule has 1 saturated carbocycles. The van der Waals surface area contributed by atoms with Crippen molar-refractivity contribution < 1.29 is 19.4 Å². The van der Waals surface area contributed by atoms with E-state index in [-0.39, 0.29) is 18.1 Å². The van der Waals surface area contributed by atoms with Gasteiger partial charge in [-0.25, -0.2) is 0 Å². The predicted octanol–water partition coefficient (Wildman–Crippen LogP) is 2.96. The number of aliphatic carboxylic acids is 1. The zero-order chi connectivity index (χ0) is 14.7. The van der Waals surface area contributed by atoms with Gasteiger partial charge < -0.3 is 14.6 Å². The molecule has 1 aliphatic carbocycles. The Hall–Kier alpha value is -1.39. The maximum absolute atomic E-state index is 10.9. The van der Waals surface area contributed by atoms with E-state index in [0.717, 1.165) is 38.7 Å². The molecule has 2 aliphatic rings. The number of ether oxygens (including phenoxy) is 2. The Labute approximate surface area is 125 Å². The van der Waals surface area contributed by atoms with Gasteiger partial charge >= 0.3 is 5.97 Å². The van der Waals surface area contributed by atoms with E-state index < -0.39 is 5.97 Å². The highest BCUT2D eigenvalue weighted by molar-refractivity contribution is 5.70. The highest BCUT2D eigenvalue weighted by atomic mass is 16.5. The molecule has 4 heteroatoms. The Balaban J connectivity index is 1.52. The van der Waals surface area contributed by atoms with Crippen LogP contribution in [-0.4, -0.2) is 30.4 Å². The van der Waals surface area contributed by atoms with Crippen LogP contribution in [-0.2, 0) is 20.7 Å². The molecule has 1 N–H and O–H groups in total. The highest BCUT2D eigenvalue weighted by Gasteiger charge is 2.28. The summed E-state index contributed by atoms with van der Waals surface area (Å²) in [6.45, 7) is 1.32. The number of carboxylic acids is 1. The lowest BCUT2D eigenvalue weighted by Gasteiger charge is -2.30. The summed E-state index contributed by atoms with van der Waals surface area (Å²) in [7, 11) is 0. The topological polar surface area (TPSA) is 55.8 Å². The third-order valence-corrected chi connectivity index (χ3v) is 4.60. The predicted molar refractivity (Wildman–Crippen MR) is 78.2 cm³/mol. The Kier molecular flexibility index (Phi) is 4.56. The van der Waals surface area contributed by atoms with E-state index in [2.05, 4.69) is 18.2 Å². The van der Waals surface area contributed by atoms with Crippen molar-refractivity contribution in [2.45, 2.75) is 44.3 Å². The van der Waals surface area contributed by atoms with Gasteiger partial charge in [0.25, 0.3) is 0 Å². The van der Waals surface area contributed by atoms with Crippen molar-refractivity contribution in [3.8, 4) is 0 Å². The largest absolute Gasteiger partial charge is 0.481 e. The van der Waals surface area contributed by atoms with E-state index in [0.29, 0.717) is 6.61 Å². The average Bonchev–Trinajstić information content (AvgIpc) is 2.53. The summed E-state index contributed by atoms with van der Waals surface area (Å²) < 4.78 is 11.8. The normalized spacial score (nSPS) is 28.9. The van der Waals surface area contributed by atoms with Gasteiger partial charge in [0.2, 0.25) is 0 Å². The molecule has 114 valence electrons. The van der Waals surface area contributed by atoms with E-state index in [1.165, 1.54) is 11.1 Å². The lowest BCUT2D eigenvalue weighted by Crippen LogP contribution is -2.28. The van der Waals surface area contributed by atoms with E-state index in [1.54, 1.807) is 0 Å². The Morgan fingerprint density at radius 3 is 2.76 bits per heavy atom. The van der Waals surface area contributed by atoms with E-state index in [9.17, 15) is 4.79 Å². The molecule has 1 unspecified atom stereocenters. The van der Waals surface area contributed by atoms with Crippen LogP contribution < -0.4 is 0 Å². The number of benzene rings is 1. The number of fused-ring (bicyclic) bond motifs is 1. The monoisotopic (exact) mass is 290 g/mol. The average molecular weight is 290 g/mol. The third kappa shape index (κ3) is 3.44. The molecule has 0 bridgehead atoms. The number of hydrogen-bond acceptors (Lipinski definition) is 3. The molecule has 1 atom stereocenters. The number of carbonyl (C=O) groups is 1. The van der Waals surface area contributed by atoms with Crippen LogP contribution in [0.1, 0.15) is 42.9 Å². The molecule has 3 rings (SSSR count). The molecule has 1 aromatic carbocycles. The second-order valence-electron chi connectivity index (χ2n) is 5.95. The lowest BCUT2D eigenvalue weighted by molar-refractivity contribution is -0.144. The maximum atomic E-state index is 10.9. The summed E-state index contributed by atoms with van der Waals surface area (Å²) in [5.41, 5.74) is 2.59. The molecule has 1 aromatic rings. The number of carboxylic acid groups (broad SMARTS) is 1. The van der Waals surface area contributed by atoms with Crippen LogP contribution >= 0.6 is 0 Å². The molecule has 0 radical (unpaired) electrons. The summed E-state index contributed by atoms with van der Waals surface area (Å²) in [6.07, 6.45) is 4.29. The summed E-state index contributed by atoms with van der Waals surface area (Å²) in [5.74, 6) is -0.852. The van der Waals surface area contributed by atoms with Crippen LogP contribution in [0.4, 0.5) is 0 Å². The van der Waals surface area contributed by atoms with Crippen molar-refractivity contribution in [1.82, 2.24) is 0 Å². The number of rotatable bonds is 4. The van der Waals surface area contributed by atoms with Gasteiger partial charge in [-0.1, -0.05) is 24.3 Å². The van der Waals surface area contributed by atoms with Crippen molar-refractivity contribution in [2.24, 2.45) is 5.92 Å². The molecule has 4 nitrogen and oxygen atoms in total. The van der Waals surface area contributed by atoms with Gasteiger partial charge in [-0.2, -0.15) is 0 Å². The van der Waals surface area contributed by atoms with Crippen LogP contribution in [0.25, 0.3) is 0 Å². The van der Waals surface area contributed by atoms with Crippen LogP contribution in [0.2, 0.25) is 0 Å². The Morgan fingerprint density at radius 2 is 2.00 bits per heavy atom. The van der Waals surface area contributed by atoms with Gasteiger partial charge in [-0.05, 0) is 43.2 Å². The van der Waals surface area contributed by atoms with Crippen molar-refractivity contribution in [1.29, 1.82) is 0 Å². The molecule has 0 amide bonds. The first kappa shape index (κ1) is 14.5. The fraction of sp³-hybridized carbons (Fsp3) is 0.588. The lowest BCUT2D eigenvalue weighted by atomic mass is 9.87. The van der Waals surface area contributed by atoms with Crippen LogP contribution in [0.15, 0.2) is 24.3 Å². The van der Waals surface area contributed by atoms with E-state index in [4.69, 9.17) is 14.6 Å². The van der Waals surface area contributed by atoms with Gasteiger partial charge in [0, 0.05) is 0 Å². The molecule has 21 heavy (non-hydrogen) atoms. The van der Waals surface area contributed by atoms with Crippen molar-refractivity contribution >= 4 is 5.97 Å². The summed E-state index contributed by atoms with van der Waals surface area (Å²) >= 11 is 0. The zero-order valence-electron chi connectivity index (χ0n) is 12.2. The SMILES string of the molecule is O=C(O)C1CCC(OCC2OCCc3ccccc32)CC1. The van der Waals surface area contributed by atoms with Gasteiger partial charge in [-0.15, -0.1) is 0 Å². The molecule has 0 spiro atoms. The second kappa shape index (κ2) is 6.58. The standard InChI is InChI=1S/C17H22O4/c18-17(19)13-5-7-14(8-6-13)21-11-16-15-4-2-1-3-12(15)9-10-20-16/h1-4,13-14,16H,5-11H2,(H,18,19). The first-order chi connectivity index (χ1) is 10.2. The van der Waals surface area contributed by atoms with Crippen molar-refractivity contribution in [2.75, 3.05) is 13.2 Å². The fourth-order valence-electron chi connectivity index (χ4n) is 3.31. The molecular formula is C17H22O4.